The molecule has 2 aromatic rings. The molecule has 0 bridgehead atoms. The van der Waals surface area contributed by atoms with Crippen molar-refractivity contribution in [2.45, 2.75) is 6.92 Å². The Hall–Kier alpha value is -2.53. The largest absolute Gasteiger partial charge is 0.507 e. The van der Waals surface area contributed by atoms with E-state index in [1.807, 2.05) is 31.2 Å². The van der Waals surface area contributed by atoms with Gasteiger partial charge >= 0.3 is 0 Å². The third-order valence-electron chi connectivity index (χ3n) is 2.79. The first-order valence-corrected chi connectivity index (χ1v) is 7.03. The Morgan fingerprint density at radius 3 is 2.91 bits per heavy atom. The van der Waals surface area contributed by atoms with E-state index in [-0.39, 0.29) is 11.3 Å². The lowest BCUT2D eigenvalue weighted by Crippen LogP contribution is -2.17. The number of para-hydroxylation sites is 1. The monoisotopic (exact) mass is 318 g/mol. The Labute approximate surface area is 133 Å². The van der Waals surface area contributed by atoms with Crippen molar-refractivity contribution in [3.63, 3.8) is 0 Å². The molecule has 0 saturated heterocycles. The van der Waals surface area contributed by atoms with Crippen molar-refractivity contribution in [3.8, 4) is 11.5 Å². The van der Waals surface area contributed by atoms with E-state index in [1.165, 1.54) is 24.4 Å². The summed E-state index contributed by atoms with van der Waals surface area (Å²) in [5, 5.41) is 13.9. The van der Waals surface area contributed by atoms with Crippen LogP contribution in [0.2, 0.25) is 5.02 Å². The zero-order chi connectivity index (χ0) is 15.9. The fraction of sp³-hybridized carbons (Fsp3) is 0.125. The molecule has 0 heterocycles. The number of amides is 1. The topological polar surface area (TPSA) is 70.9 Å². The van der Waals surface area contributed by atoms with Crippen LogP contribution in [0.15, 0.2) is 47.6 Å². The van der Waals surface area contributed by atoms with E-state index < -0.39 is 5.91 Å². The van der Waals surface area contributed by atoms with E-state index in [0.717, 1.165) is 5.56 Å². The molecule has 2 rings (SSSR count). The van der Waals surface area contributed by atoms with Crippen molar-refractivity contribution in [2.75, 3.05) is 6.61 Å². The number of phenols is 1. The zero-order valence-electron chi connectivity index (χ0n) is 11.9. The highest BCUT2D eigenvalue weighted by molar-refractivity contribution is 6.31. The van der Waals surface area contributed by atoms with Gasteiger partial charge < -0.3 is 9.84 Å². The fourth-order valence-electron chi connectivity index (χ4n) is 1.78. The van der Waals surface area contributed by atoms with Crippen molar-refractivity contribution >= 4 is 23.7 Å². The number of aromatic hydroxyl groups is 1. The molecule has 2 aromatic carbocycles. The van der Waals surface area contributed by atoms with Gasteiger partial charge in [0.2, 0.25) is 0 Å². The third kappa shape index (κ3) is 3.99. The first kappa shape index (κ1) is 15.9. The molecule has 0 aliphatic heterocycles. The van der Waals surface area contributed by atoms with Crippen LogP contribution in [0.25, 0.3) is 0 Å². The second kappa shape index (κ2) is 7.47. The molecule has 0 spiro atoms. The van der Waals surface area contributed by atoms with E-state index >= 15 is 0 Å². The second-order valence-corrected chi connectivity index (χ2v) is 4.77. The molecule has 22 heavy (non-hydrogen) atoms. The average Bonchev–Trinajstić information content (AvgIpc) is 2.51. The standard InChI is InChI=1S/C16H15ClN2O3/c1-2-22-15-6-4-3-5-11(15)10-18-19-16(21)13-9-12(17)7-8-14(13)20/h3-10,20H,2H2,1H3,(H,19,21)/b18-10+. The van der Waals surface area contributed by atoms with Gasteiger partial charge in [-0.15, -0.1) is 0 Å². The van der Waals surface area contributed by atoms with Crippen LogP contribution < -0.4 is 10.2 Å². The molecule has 0 saturated carbocycles. The molecular formula is C16H15ClN2O3. The number of carbonyl (C=O) groups is 1. The highest BCUT2D eigenvalue weighted by Crippen LogP contribution is 2.21. The lowest BCUT2D eigenvalue weighted by atomic mass is 10.2. The normalized spacial score (nSPS) is 10.6. The van der Waals surface area contributed by atoms with Crippen molar-refractivity contribution in [1.29, 1.82) is 0 Å². The first-order chi connectivity index (χ1) is 10.6. The summed E-state index contributed by atoms with van der Waals surface area (Å²) in [5.74, 6) is -0.0365. The minimum absolute atomic E-state index is 0.0581. The maximum absolute atomic E-state index is 11.9. The number of hydrazone groups is 1. The van der Waals surface area contributed by atoms with Crippen LogP contribution in [-0.2, 0) is 0 Å². The second-order valence-electron chi connectivity index (χ2n) is 4.33. The molecule has 0 atom stereocenters. The molecule has 0 radical (unpaired) electrons. The van der Waals surface area contributed by atoms with E-state index in [2.05, 4.69) is 10.5 Å². The van der Waals surface area contributed by atoms with E-state index in [9.17, 15) is 9.90 Å². The predicted octanol–water partition coefficient (Wildman–Crippen LogP) is 3.21. The van der Waals surface area contributed by atoms with Gasteiger partial charge in [0.25, 0.3) is 5.91 Å². The number of hydrogen-bond donors (Lipinski definition) is 2. The van der Waals surface area contributed by atoms with Crippen LogP contribution in [0.5, 0.6) is 11.5 Å². The molecule has 6 heteroatoms. The van der Waals surface area contributed by atoms with Crippen LogP contribution in [0.3, 0.4) is 0 Å². The number of carbonyl (C=O) groups excluding carboxylic acids is 1. The summed E-state index contributed by atoms with van der Waals surface area (Å²) in [7, 11) is 0. The lowest BCUT2D eigenvalue weighted by molar-refractivity contribution is 0.0952. The number of nitrogens with zero attached hydrogens (tertiary/aromatic N) is 1. The van der Waals surface area contributed by atoms with Gasteiger partial charge in [-0.25, -0.2) is 5.43 Å². The van der Waals surface area contributed by atoms with Gasteiger partial charge in [0.15, 0.2) is 0 Å². The predicted molar refractivity (Wildman–Crippen MR) is 85.8 cm³/mol. The minimum atomic E-state index is -0.551. The van der Waals surface area contributed by atoms with Crippen LogP contribution in [-0.4, -0.2) is 23.8 Å². The van der Waals surface area contributed by atoms with Gasteiger partial charge in [-0.3, -0.25) is 4.79 Å². The van der Waals surface area contributed by atoms with E-state index in [4.69, 9.17) is 16.3 Å². The van der Waals surface area contributed by atoms with E-state index in [1.54, 1.807) is 0 Å². The molecular weight excluding hydrogens is 304 g/mol. The molecule has 0 aliphatic rings. The molecule has 2 N–H and O–H groups in total. The molecule has 0 unspecified atom stereocenters. The Bertz CT molecular complexity index is 702. The Balaban J connectivity index is 2.09. The summed E-state index contributed by atoms with van der Waals surface area (Å²) in [5.41, 5.74) is 3.14. The van der Waals surface area contributed by atoms with Gasteiger partial charge in [-0.05, 0) is 37.3 Å². The Kier molecular flexibility index (Phi) is 5.38. The molecule has 0 fully saturated rings. The van der Waals surface area contributed by atoms with Crippen LogP contribution in [0.4, 0.5) is 0 Å². The SMILES string of the molecule is CCOc1ccccc1/C=N/NC(=O)c1cc(Cl)ccc1O. The molecule has 1 amide bonds. The maximum atomic E-state index is 11.9. The number of phenolic OH excluding ortho intramolecular Hbond substituents is 1. The minimum Gasteiger partial charge on any atom is -0.507 e. The fourth-order valence-corrected chi connectivity index (χ4v) is 1.96. The van der Waals surface area contributed by atoms with Crippen LogP contribution in [0, 0.1) is 0 Å². The number of halogens is 1. The number of hydrogen-bond acceptors (Lipinski definition) is 4. The maximum Gasteiger partial charge on any atom is 0.275 e. The van der Waals surface area contributed by atoms with Crippen LogP contribution >= 0.6 is 11.6 Å². The van der Waals surface area contributed by atoms with Gasteiger partial charge in [0, 0.05) is 10.6 Å². The molecule has 5 nitrogen and oxygen atoms in total. The summed E-state index contributed by atoms with van der Waals surface area (Å²) < 4.78 is 5.45. The third-order valence-corrected chi connectivity index (χ3v) is 3.03. The van der Waals surface area contributed by atoms with Gasteiger partial charge in [0.1, 0.15) is 11.5 Å². The number of ether oxygens (including phenoxy) is 1. The summed E-state index contributed by atoms with van der Waals surface area (Å²) in [4.78, 5) is 11.9. The van der Waals surface area contributed by atoms with Gasteiger partial charge in [0.05, 0.1) is 18.4 Å². The first-order valence-electron chi connectivity index (χ1n) is 6.65. The number of nitrogens with one attached hydrogen (secondary N) is 1. The van der Waals surface area contributed by atoms with Crippen molar-refractivity contribution in [1.82, 2.24) is 5.43 Å². The molecule has 114 valence electrons. The van der Waals surface area contributed by atoms with Gasteiger partial charge in [-0.2, -0.15) is 5.10 Å². The Morgan fingerprint density at radius 1 is 1.36 bits per heavy atom. The van der Waals surface area contributed by atoms with Crippen LogP contribution in [0.1, 0.15) is 22.8 Å². The van der Waals surface area contributed by atoms with E-state index in [0.29, 0.717) is 17.4 Å². The summed E-state index contributed by atoms with van der Waals surface area (Å²) in [6.45, 7) is 2.42. The Morgan fingerprint density at radius 2 is 2.14 bits per heavy atom. The number of rotatable bonds is 5. The quantitative estimate of drug-likeness (QED) is 0.657. The number of benzene rings is 2. The summed E-state index contributed by atoms with van der Waals surface area (Å²) >= 11 is 5.80. The molecule has 0 aromatic heterocycles. The van der Waals surface area contributed by atoms with Crippen molar-refractivity contribution in [2.24, 2.45) is 5.10 Å². The lowest BCUT2D eigenvalue weighted by Gasteiger charge is -2.06. The van der Waals surface area contributed by atoms with Crippen molar-refractivity contribution in [3.05, 3.63) is 58.6 Å². The van der Waals surface area contributed by atoms with Gasteiger partial charge in [-0.1, -0.05) is 23.7 Å². The zero-order valence-corrected chi connectivity index (χ0v) is 12.7. The smallest absolute Gasteiger partial charge is 0.275 e. The highest BCUT2D eigenvalue weighted by atomic mass is 35.5. The molecule has 0 aliphatic carbocycles. The summed E-state index contributed by atoms with van der Waals surface area (Å²) in [6, 6.07) is 11.5. The highest BCUT2D eigenvalue weighted by Gasteiger charge is 2.10. The average molecular weight is 319 g/mol. The van der Waals surface area contributed by atoms with Crippen molar-refractivity contribution < 1.29 is 14.6 Å². The summed E-state index contributed by atoms with van der Waals surface area (Å²) in [6.07, 6.45) is 1.48.